The third-order valence-electron chi connectivity index (χ3n) is 1.87. The molecule has 0 bridgehead atoms. The van der Waals surface area contributed by atoms with Crippen molar-refractivity contribution in [3.05, 3.63) is 29.8 Å². The van der Waals surface area contributed by atoms with E-state index in [-0.39, 0.29) is 30.7 Å². The van der Waals surface area contributed by atoms with E-state index in [4.69, 9.17) is 14.9 Å². The summed E-state index contributed by atoms with van der Waals surface area (Å²) >= 11 is 0. The molecule has 3 nitrogen and oxygen atoms in total. The summed E-state index contributed by atoms with van der Waals surface area (Å²) in [5.41, 5.74) is -0.732. The Balaban J connectivity index is 0.00000289. The Morgan fingerprint density at radius 1 is 1.22 bits per heavy atom. The lowest BCUT2D eigenvalue weighted by Crippen LogP contribution is -2.13. The van der Waals surface area contributed by atoms with Crippen LogP contribution in [0, 0.1) is 5.41 Å². The van der Waals surface area contributed by atoms with Crippen LogP contribution in [0.25, 0.3) is 0 Å². The highest BCUT2D eigenvalue weighted by Gasteiger charge is 2.29. The van der Waals surface area contributed by atoms with Crippen LogP contribution in [0.4, 0.5) is 13.2 Å². The van der Waals surface area contributed by atoms with Crippen LogP contribution in [0.2, 0.25) is 0 Å². The number of benzene rings is 1. The first-order valence-corrected chi connectivity index (χ1v) is 4.93. The maximum absolute atomic E-state index is 12.2. The van der Waals surface area contributed by atoms with Crippen LogP contribution in [-0.4, -0.2) is 19.1 Å². The van der Waals surface area contributed by atoms with E-state index in [1.807, 2.05) is 0 Å². The van der Waals surface area contributed by atoms with Gasteiger partial charge in [0.1, 0.15) is 5.75 Å². The molecule has 0 atom stereocenters. The molecule has 0 saturated heterocycles. The zero-order valence-electron chi connectivity index (χ0n) is 9.58. The molecule has 1 aromatic rings. The normalized spacial score (nSPS) is 10.4. The molecule has 0 amide bonds. The fraction of sp³-hybridized carbons (Fsp3) is 0.364. The topological polar surface area (TPSA) is 42.3 Å². The van der Waals surface area contributed by atoms with Crippen LogP contribution in [0.1, 0.15) is 12.5 Å². The van der Waals surface area contributed by atoms with Gasteiger partial charge in [0.05, 0.1) is 12.2 Å². The van der Waals surface area contributed by atoms with Crippen LogP contribution < -0.4 is 4.74 Å². The van der Waals surface area contributed by atoms with Crippen molar-refractivity contribution in [3.8, 4) is 5.75 Å². The number of hydrogen-bond donors (Lipinski definition) is 1. The van der Waals surface area contributed by atoms with Gasteiger partial charge in [0, 0.05) is 0 Å². The van der Waals surface area contributed by atoms with Crippen molar-refractivity contribution in [2.24, 2.45) is 0 Å². The zero-order valence-corrected chi connectivity index (χ0v) is 10.4. The molecule has 18 heavy (non-hydrogen) atoms. The highest BCUT2D eigenvalue weighted by molar-refractivity contribution is 5.85. The van der Waals surface area contributed by atoms with Crippen LogP contribution in [0.3, 0.4) is 0 Å². The van der Waals surface area contributed by atoms with Crippen LogP contribution in [0.5, 0.6) is 5.75 Å². The van der Waals surface area contributed by atoms with Crippen molar-refractivity contribution in [1.29, 1.82) is 5.41 Å². The highest BCUT2D eigenvalue weighted by atomic mass is 35.5. The molecule has 0 aliphatic rings. The second-order valence-electron chi connectivity index (χ2n) is 3.17. The van der Waals surface area contributed by atoms with E-state index in [2.05, 4.69) is 0 Å². The molecule has 0 saturated carbocycles. The van der Waals surface area contributed by atoms with E-state index >= 15 is 0 Å². The summed E-state index contributed by atoms with van der Waals surface area (Å²) in [6.07, 6.45) is -4.35. The lowest BCUT2D eigenvalue weighted by atomic mass is 10.2. The molecule has 0 aliphatic heterocycles. The Kier molecular flexibility index (Phi) is 6.54. The molecule has 1 aromatic carbocycles. The molecule has 0 aliphatic carbocycles. The summed E-state index contributed by atoms with van der Waals surface area (Å²) in [5, 5.41) is 7.25. The summed E-state index contributed by atoms with van der Waals surface area (Å²) in [5.74, 6) is 0.204. The molecule has 0 unspecified atom stereocenters. The molecule has 0 radical (unpaired) electrons. The summed E-state index contributed by atoms with van der Waals surface area (Å²) < 4.78 is 46.6. The Morgan fingerprint density at radius 3 is 2.22 bits per heavy atom. The minimum Gasteiger partial charge on any atom is -0.484 e. The quantitative estimate of drug-likeness (QED) is 0.678. The van der Waals surface area contributed by atoms with Gasteiger partial charge in [0.15, 0.2) is 6.61 Å². The highest BCUT2D eigenvalue weighted by Crippen LogP contribution is 2.30. The van der Waals surface area contributed by atoms with Gasteiger partial charge in [-0.25, -0.2) is 0 Å². The molecule has 7 heteroatoms. The summed E-state index contributed by atoms with van der Waals surface area (Å²) in [7, 11) is 0. The average Bonchev–Trinajstić information content (AvgIpc) is 2.26. The van der Waals surface area contributed by atoms with E-state index in [1.54, 1.807) is 6.92 Å². The first kappa shape index (κ1) is 16.6. The number of rotatable bonds is 4. The van der Waals surface area contributed by atoms with E-state index in [0.717, 1.165) is 12.1 Å². The van der Waals surface area contributed by atoms with Crippen molar-refractivity contribution >= 4 is 18.3 Å². The van der Waals surface area contributed by atoms with Gasteiger partial charge in [0.2, 0.25) is 5.90 Å². The van der Waals surface area contributed by atoms with Gasteiger partial charge >= 0.3 is 6.18 Å². The van der Waals surface area contributed by atoms with Gasteiger partial charge in [-0.05, 0) is 31.2 Å². The lowest BCUT2D eigenvalue weighted by molar-refractivity contribution is -0.137. The van der Waals surface area contributed by atoms with Crippen molar-refractivity contribution < 1.29 is 22.6 Å². The van der Waals surface area contributed by atoms with E-state index in [0.29, 0.717) is 6.61 Å². The zero-order chi connectivity index (χ0) is 12.9. The molecule has 1 rings (SSSR count). The number of nitrogens with one attached hydrogen (secondary N) is 1. The molecule has 0 fully saturated rings. The van der Waals surface area contributed by atoms with Crippen molar-refractivity contribution in [2.45, 2.75) is 13.1 Å². The fourth-order valence-electron chi connectivity index (χ4n) is 1.10. The molecule has 0 aromatic heterocycles. The monoisotopic (exact) mass is 283 g/mol. The Bertz CT molecular complexity index is 379. The van der Waals surface area contributed by atoms with Crippen LogP contribution >= 0.6 is 12.4 Å². The Morgan fingerprint density at radius 2 is 1.78 bits per heavy atom. The second-order valence-corrected chi connectivity index (χ2v) is 3.17. The third-order valence-corrected chi connectivity index (χ3v) is 1.87. The van der Waals surface area contributed by atoms with Gasteiger partial charge in [-0.15, -0.1) is 12.4 Å². The predicted molar refractivity (Wildman–Crippen MR) is 63.5 cm³/mol. The van der Waals surface area contributed by atoms with Gasteiger partial charge in [-0.3, -0.25) is 5.41 Å². The molecule has 1 N–H and O–H groups in total. The molecule has 102 valence electrons. The largest absolute Gasteiger partial charge is 0.484 e. The third kappa shape index (κ3) is 5.27. The van der Waals surface area contributed by atoms with Gasteiger partial charge in [-0.1, -0.05) is 0 Å². The maximum atomic E-state index is 12.2. The minimum absolute atomic E-state index is 0. The standard InChI is InChI=1S/C11H12F3NO2.ClH/c1-2-16-10(15)7-17-9-5-3-8(4-6-9)11(12,13)14;/h3-6,15H,2,7H2,1H3;1H. The SMILES string of the molecule is CCOC(=N)COc1ccc(C(F)(F)F)cc1.Cl. The van der Waals surface area contributed by atoms with Crippen LogP contribution in [-0.2, 0) is 10.9 Å². The Hall–Kier alpha value is -1.43. The molecule has 0 spiro atoms. The van der Waals surface area contributed by atoms with Crippen LogP contribution in [0.15, 0.2) is 24.3 Å². The summed E-state index contributed by atoms with van der Waals surface area (Å²) in [6.45, 7) is 1.99. The van der Waals surface area contributed by atoms with Crippen molar-refractivity contribution in [2.75, 3.05) is 13.2 Å². The maximum Gasteiger partial charge on any atom is 0.416 e. The number of hydrogen-bond acceptors (Lipinski definition) is 3. The number of halogens is 4. The lowest BCUT2D eigenvalue weighted by Gasteiger charge is -2.09. The predicted octanol–water partition coefficient (Wildman–Crippen LogP) is 3.52. The molecular weight excluding hydrogens is 271 g/mol. The van der Waals surface area contributed by atoms with E-state index in [9.17, 15) is 13.2 Å². The fourth-order valence-corrected chi connectivity index (χ4v) is 1.10. The van der Waals surface area contributed by atoms with Crippen molar-refractivity contribution in [3.63, 3.8) is 0 Å². The first-order valence-electron chi connectivity index (χ1n) is 4.93. The second kappa shape index (κ2) is 7.10. The van der Waals surface area contributed by atoms with Gasteiger partial charge in [-0.2, -0.15) is 13.2 Å². The van der Waals surface area contributed by atoms with E-state index in [1.165, 1.54) is 12.1 Å². The van der Waals surface area contributed by atoms with Gasteiger partial charge in [0.25, 0.3) is 0 Å². The number of ether oxygens (including phenoxy) is 2. The smallest absolute Gasteiger partial charge is 0.416 e. The van der Waals surface area contributed by atoms with Gasteiger partial charge < -0.3 is 9.47 Å². The first-order chi connectivity index (χ1) is 7.93. The molecule has 0 heterocycles. The number of alkyl halides is 3. The summed E-state index contributed by atoms with van der Waals surface area (Å²) in [6, 6.07) is 4.28. The van der Waals surface area contributed by atoms with Crippen molar-refractivity contribution in [1.82, 2.24) is 0 Å². The average molecular weight is 284 g/mol. The minimum atomic E-state index is -4.35. The summed E-state index contributed by atoms with van der Waals surface area (Å²) in [4.78, 5) is 0. The Labute approximate surface area is 109 Å². The van der Waals surface area contributed by atoms with E-state index < -0.39 is 11.7 Å². The molecular formula is C11H13ClF3NO2.